The molecule has 1 fully saturated rings. The Morgan fingerprint density at radius 3 is 1.86 bits per heavy atom. The van der Waals surface area contributed by atoms with E-state index in [0.717, 1.165) is 9.52 Å². The van der Waals surface area contributed by atoms with Gasteiger partial charge in [0.1, 0.15) is 0 Å². The molecule has 0 aromatic heterocycles. The smallest absolute Gasteiger partial charge is 0.0280 e. The minimum atomic E-state index is 0.884. The molecule has 1 aliphatic heterocycles. The summed E-state index contributed by atoms with van der Waals surface area (Å²) in [6.45, 7) is 0. The average molecular weight is 113 g/mol. The van der Waals surface area contributed by atoms with E-state index in [-0.39, 0.29) is 0 Å². The third-order valence-corrected chi connectivity index (χ3v) is 3.20. The second-order valence-corrected chi connectivity index (χ2v) is 4.01. The first-order valence-electron chi connectivity index (χ1n) is 3.32. The van der Waals surface area contributed by atoms with Crippen LogP contribution in [0, 0.1) is 0 Å². The lowest BCUT2D eigenvalue weighted by Crippen LogP contribution is -1.81. The zero-order valence-corrected chi connectivity index (χ0v) is 5.97. The Morgan fingerprint density at radius 1 is 0.714 bits per heavy atom. The Hall–Kier alpha value is 0.217. The van der Waals surface area contributed by atoms with Crippen LogP contribution in [-0.2, 0) is 0 Å². The van der Waals surface area contributed by atoms with Gasteiger partial charge < -0.3 is 0 Å². The Morgan fingerprint density at radius 2 is 1.29 bits per heavy atom. The monoisotopic (exact) mass is 113 g/mol. The van der Waals surface area contributed by atoms with Crippen molar-refractivity contribution in [1.82, 2.24) is 0 Å². The van der Waals surface area contributed by atoms with E-state index in [1.165, 1.54) is 25.7 Å². The first kappa shape index (κ1) is 5.36. The molecule has 0 bridgehead atoms. The van der Waals surface area contributed by atoms with Crippen molar-refractivity contribution in [3.8, 4) is 0 Å². The molecule has 0 N–H and O–H groups in total. The van der Waals surface area contributed by atoms with Gasteiger partial charge in [-0.1, -0.05) is 37.8 Å². The normalized spacial score (nSPS) is 24.0. The van der Waals surface area contributed by atoms with Gasteiger partial charge in [-0.25, -0.2) is 0 Å². The fourth-order valence-electron chi connectivity index (χ4n) is 1.08. The first-order chi connectivity index (χ1) is 3.50. The lowest BCUT2D eigenvalue weighted by atomic mass is 10.2. The molecular formula is C6H13Si. The minimum absolute atomic E-state index is 0.884. The quantitative estimate of drug-likeness (QED) is 0.420. The third kappa shape index (κ3) is 2.12. The van der Waals surface area contributed by atoms with E-state index in [9.17, 15) is 0 Å². The molecule has 1 saturated heterocycles. The Kier molecular flexibility index (Phi) is 2.49. The van der Waals surface area contributed by atoms with Crippen molar-refractivity contribution in [2.45, 2.75) is 37.8 Å². The van der Waals surface area contributed by atoms with Crippen molar-refractivity contribution in [3.63, 3.8) is 0 Å². The van der Waals surface area contributed by atoms with Gasteiger partial charge in [-0.2, -0.15) is 0 Å². The van der Waals surface area contributed by atoms with Crippen molar-refractivity contribution in [2.75, 3.05) is 0 Å². The Balaban J connectivity index is 2.04. The Labute approximate surface area is 48.1 Å². The summed E-state index contributed by atoms with van der Waals surface area (Å²) in [5.41, 5.74) is 0. The standard InChI is InChI=1S/C6H13Si/c1-2-4-6-7-5-3-1/h7H,1-6H2. The molecule has 0 unspecified atom stereocenters. The highest BCUT2D eigenvalue weighted by Gasteiger charge is 1.96. The summed E-state index contributed by atoms with van der Waals surface area (Å²) in [6, 6.07) is 3.17. The highest BCUT2D eigenvalue weighted by atomic mass is 28.2. The van der Waals surface area contributed by atoms with Gasteiger partial charge in [-0.3, -0.25) is 0 Å². The molecule has 7 heavy (non-hydrogen) atoms. The van der Waals surface area contributed by atoms with Gasteiger partial charge in [0, 0.05) is 9.52 Å². The third-order valence-electron chi connectivity index (χ3n) is 1.57. The molecule has 0 saturated carbocycles. The van der Waals surface area contributed by atoms with Gasteiger partial charge >= 0.3 is 0 Å². The largest absolute Gasteiger partial charge is 0.0620 e. The highest BCUT2D eigenvalue weighted by Crippen LogP contribution is 2.11. The van der Waals surface area contributed by atoms with Crippen LogP contribution in [0.5, 0.6) is 0 Å². The molecule has 0 amide bonds. The predicted molar refractivity (Wildman–Crippen MR) is 35.2 cm³/mol. The van der Waals surface area contributed by atoms with Crippen LogP contribution in [0.15, 0.2) is 0 Å². The Bertz CT molecular complexity index is 23.8. The van der Waals surface area contributed by atoms with Gasteiger partial charge in [0.05, 0.1) is 0 Å². The van der Waals surface area contributed by atoms with Crippen molar-refractivity contribution in [2.24, 2.45) is 0 Å². The van der Waals surface area contributed by atoms with Gasteiger partial charge in [-0.15, -0.1) is 0 Å². The number of rotatable bonds is 0. The van der Waals surface area contributed by atoms with Crippen molar-refractivity contribution < 1.29 is 0 Å². The minimum Gasteiger partial charge on any atom is -0.0620 e. The summed E-state index contributed by atoms with van der Waals surface area (Å²) in [7, 11) is 0.884. The molecule has 0 aromatic carbocycles. The highest BCUT2D eigenvalue weighted by molar-refractivity contribution is 6.35. The molecule has 1 radical (unpaired) electrons. The van der Waals surface area contributed by atoms with E-state index in [4.69, 9.17) is 0 Å². The summed E-state index contributed by atoms with van der Waals surface area (Å²) in [5, 5.41) is 0. The lowest BCUT2D eigenvalue weighted by Gasteiger charge is -1.86. The van der Waals surface area contributed by atoms with Crippen molar-refractivity contribution in [3.05, 3.63) is 0 Å². The number of hydrogen-bond donors (Lipinski definition) is 0. The molecule has 1 heterocycles. The van der Waals surface area contributed by atoms with E-state index in [0.29, 0.717) is 0 Å². The second kappa shape index (κ2) is 3.25. The van der Waals surface area contributed by atoms with Crippen LogP contribution in [0.2, 0.25) is 12.1 Å². The summed E-state index contributed by atoms with van der Waals surface area (Å²) in [4.78, 5) is 0. The topological polar surface area (TPSA) is 0 Å². The summed E-state index contributed by atoms with van der Waals surface area (Å²) in [6.07, 6.45) is 6.12. The van der Waals surface area contributed by atoms with E-state index in [2.05, 4.69) is 0 Å². The van der Waals surface area contributed by atoms with Crippen molar-refractivity contribution in [1.29, 1.82) is 0 Å². The van der Waals surface area contributed by atoms with Crippen LogP contribution >= 0.6 is 0 Å². The molecule has 0 aliphatic carbocycles. The maximum absolute atomic E-state index is 1.58. The molecule has 0 aromatic rings. The zero-order chi connectivity index (χ0) is 4.95. The van der Waals surface area contributed by atoms with Crippen LogP contribution in [0.1, 0.15) is 25.7 Å². The van der Waals surface area contributed by atoms with E-state index >= 15 is 0 Å². The first-order valence-corrected chi connectivity index (χ1v) is 4.95. The fraction of sp³-hybridized carbons (Fsp3) is 1.00. The molecular weight excluding hydrogens is 100 g/mol. The van der Waals surface area contributed by atoms with Crippen LogP contribution in [0.3, 0.4) is 0 Å². The summed E-state index contributed by atoms with van der Waals surface area (Å²) in [5.74, 6) is 0. The molecule has 1 aliphatic rings. The SMILES string of the molecule is C1CCC[SiH]CC1. The van der Waals surface area contributed by atoms with Crippen LogP contribution in [-0.4, -0.2) is 9.52 Å². The van der Waals surface area contributed by atoms with Crippen LogP contribution in [0.25, 0.3) is 0 Å². The van der Waals surface area contributed by atoms with E-state index in [1.54, 1.807) is 12.1 Å². The fourth-order valence-corrected chi connectivity index (χ4v) is 2.52. The molecule has 41 valence electrons. The zero-order valence-electron chi connectivity index (χ0n) is 4.82. The maximum Gasteiger partial charge on any atom is 0.0280 e. The van der Waals surface area contributed by atoms with E-state index in [1.807, 2.05) is 0 Å². The van der Waals surface area contributed by atoms with Crippen molar-refractivity contribution >= 4 is 9.52 Å². The van der Waals surface area contributed by atoms with Crippen LogP contribution < -0.4 is 0 Å². The predicted octanol–water partition coefficient (Wildman–Crippen LogP) is 1.83. The average Bonchev–Trinajstić information content (AvgIpc) is 1.90. The van der Waals surface area contributed by atoms with Gasteiger partial charge in [0.25, 0.3) is 0 Å². The molecule has 0 nitrogen and oxygen atoms in total. The maximum atomic E-state index is 1.58. The summed E-state index contributed by atoms with van der Waals surface area (Å²) >= 11 is 0. The molecule has 0 atom stereocenters. The van der Waals surface area contributed by atoms with Gasteiger partial charge in [0.2, 0.25) is 0 Å². The molecule has 1 heteroatoms. The van der Waals surface area contributed by atoms with Gasteiger partial charge in [0.15, 0.2) is 0 Å². The molecule has 0 spiro atoms. The second-order valence-electron chi connectivity index (χ2n) is 2.28. The summed E-state index contributed by atoms with van der Waals surface area (Å²) < 4.78 is 0. The lowest BCUT2D eigenvalue weighted by molar-refractivity contribution is 0.720. The van der Waals surface area contributed by atoms with Gasteiger partial charge in [-0.05, 0) is 0 Å². The molecule has 1 rings (SSSR count). The number of hydrogen-bond acceptors (Lipinski definition) is 0. The van der Waals surface area contributed by atoms with Crippen LogP contribution in [0.4, 0.5) is 0 Å². The van der Waals surface area contributed by atoms with E-state index < -0.39 is 0 Å².